The monoisotopic (exact) mass is 478 g/mol. The fourth-order valence-corrected chi connectivity index (χ4v) is 3.70. The highest BCUT2D eigenvalue weighted by atomic mass is 32.2. The molecule has 0 bridgehead atoms. The molecule has 0 unspecified atom stereocenters. The summed E-state index contributed by atoms with van der Waals surface area (Å²) in [5.41, 5.74) is 0.484. The first-order chi connectivity index (χ1) is 15.8. The molecule has 0 aliphatic carbocycles. The number of hydrogen-bond acceptors (Lipinski definition) is 5. The van der Waals surface area contributed by atoms with E-state index >= 15 is 0 Å². The van der Waals surface area contributed by atoms with Crippen LogP contribution in [0.2, 0.25) is 0 Å². The molecule has 1 heterocycles. The van der Waals surface area contributed by atoms with Gasteiger partial charge in [0, 0.05) is 12.2 Å². The molecule has 33 heavy (non-hydrogen) atoms. The van der Waals surface area contributed by atoms with Gasteiger partial charge >= 0.3 is 6.18 Å². The zero-order valence-corrected chi connectivity index (χ0v) is 18.1. The molecule has 0 saturated carbocycles. The number of carbonyl (C=O) groups is 2. The second-order valence-corrected chi connectivity index (χ2v) is 7.90. The zero-order chi connectivity index (χ0) is 23.8. The van der Waals surface area contributed by atoms with E-state index in [4.69, 9.17) is 0 Å². The molecule has 3 aromatic rings. The summed E-state index contributed by atoms with van der Waals surface area (Å²) in [5.74, 6) is -0.987. The number of nitrogens with one attached hydrogen (secondary N) is 2. The highest BCUT2D eigenvalue weighted by molar-refractivity contribution is 7.99. The second kappa shape index (κ2) is 11.0. The first-order valence-electron chi connectivity index (χ1n) is 9.82. The maximum Gasteiger partial charge on any atom is 0.416 e. The first kappa shape index (κ1) is 24.3. The Labute approximate surface area is 192 Å². The average molecular weight is 478 g/mol. The summed E-state index contributed by atoms with van der Waals surface area (Å²) >= 11 is 1.00. The number of anilines is 1. The number of aliphatic hydroxyl groups is 1. The van der Waals surface area contributed by atoms with E-state index in [1.54, 1.807) is 0 Å². The van der Waals surface area contributed by atoms with Crippen LogP contribution in [-0.4, -0.2) is 32.2 Å². The van der Waals surface area contributed by atoms with Crippen LogP contribution in [0.25, 0.3) is 0 Å². The normalized spacial score (nSPS) is 11.3. The van der Waals surface area contributed by atoms with E-state index < -0.39 is 17.6 Å². The van der Waals surface area contributed by atoms with E-state index in [1.807, 2.05) is 30.3 Å². The molecular weight excluding hydrogens is 457 g/mol. The molecule has 0 atom stereocenters. The van der Waals surface area contributed by atoms with Gasteiger partial charge in [-0.3, -0.25) is 9.59 Å². The van der Waals surface area contributed by atoms with Crippen LogP contribution in [0.1, 0.15) is 16.8 Å². The number of rotatable bonds is 9. The summed E-state index contributed by atoms with van der Waals surface area (Å²) < 4.78 is 40.0. The number of imidazole rings is 1. The number of alkyl halides is 3. The number of halogens is 3. The quantitative estimate of drug-likeness (QED) is 0.410. The van der Waals surface area contributed by atoms with Crippen LogP contribution in [0.5, 0.6) is 0 Å². The van der Waals surface area contributed by atoms with Crippen LogP contribution < -0.4 is 10.6 Å². The Morgan fingerprint density at radius 1 is 1.06 bits per heavy atom. The van der Waals surface area contributed by atoms with E-state index in [9.17, 15) is 27.9 Å². The Hall–Kier alpha value is -3.31. The highest BCUT2D eigenvalue weighted by Crippen LogP contribution is 2.30. The van der Waals surface area contributed by atoms with Gasteiger partial charge in [-0.25, -0.2) is 4.98 Å². The fraction of sp³-hybridized carbons (Fsp3) is 0.227. The topological polar surface area (TPSA) is 96.2 Å². The molecule has 7 nitrogen and oxygen atoms in total. The predicted molar refractivity (Wildman–Crippen MR) is 117 cm³/mol. The Bertz CT molecular complexity index is 1100. The molecule has 0 fully saturated rings. The minimum atomic E-state index is -4.51. The van der Waals surface area contributed by atoms with Crippen LogP contribution in [0.4, 0.5) is 18.9 Å². The summed E-state index contributed by atoms with van der Waals surface area (Å²) in [6.07, 6.45) is -3.11. The molecule has 1 aromatic heterocycles. The van der Waals surface area contributed by atoms with Gasteiger partial charge in [-0.05, 0) is 23.8 Å². The van der Waals surface area contributed by atoms with Crippen LogP contribution in [-0.2, 0) is 35.5 Å². The summed E-state index contributed by atoms with van der Waals surface area (Å²) in [5, 5.41) is 15.1. The number of benzene rings is 2. The van der Waals surface area contributed by atoms with E-state index in [1.165, 1.54) is 22.9 Å². The van der Waals surface area contributed by atoms with E-state index in [-0.39, 0.29) is 30.5 Å². The van der Waals surface area contributed by atoms with Gasteiger partial charge in [-0.2, -0.15) is 13.2 Å². The fourth-order valence-electron chi connectivity index (χ4n) is 2.90. The lowest BCUT2D eigenvalue weighted by molar-refractivity contribution is -0.137. The SMILES string of the molecule is O=C(Cn1c(CO)cnc1SCC(=O)Nc1cccc(C(F)(F)F)c1)NCc1ccccc1. The number of nitrogens with zero attached hydrogens (tertiary/aromatic N) is 2. The minimum absolute atomic E-state index is 0.0232. The van der Waals surface area contributed by atoms with Crippen molar-refractivity contribution in [2.24, 2.45) is 0 Å². The number of amides is 2. The summed E-state index contributed by atoms with van der Waals surface area (Å²) in [4.78, 5) is 28.8. The Morgan fingerprint density at radius 3 is 2.52 bits per heavy atom. The molecule has 3 rings (SSSR count). The van der Waals surface area contributed by atoms with E-state index in [0.29, 0.717) is 17.4 Å². The molecule has 0 spiro atoms. The van der Waals surface area contributed by atoms with E-state index in [2.05, 4.69) is 15.6 Å². The van der Waals surface area contributed by atoms with Gasteiger partial charge < -0.3 is 20.3 Å². The molecule has 174 valence electrons. The van der Waals surface area contributed by atoms with Crippen molar-refractivity contribution in [3.05, 3.63) is 77.6 Å². The maximum atomic E-state index is 12.8. The Morgan fingerprint density at radius 2 is 1.82 bits per heavy atom. The third kappa shape index (κ3) is 7.09. The van der Waals surface area contributed by atoms with Gasteiger partial charge in [-0.15, -0.1) is 0 Å². The van der Waals surface area contributed by atoms with Crippen LogP contribution in [0.3, 0.4) is 0 Å². The number of aliphatic hydroxyl groups excluding tert-OH is 1. The zero-order valence-electron chi connectivity index (χ0n) is 17.3. The number of hydrogen-bond donors (Lipinski definition) is 3. The first-order valence-corrected chi connectivity index (χ1v) is 10.8. The van der Waals surface area contributed by atoms with Crippen molar-refractivity contribution in [1.29, 1.82) is 0 Å². The molecule has 2 amide bonds. The van der Waals surface area contributed by atoms with Crippen LogP contribution in [0.15, 0.2) is 66.0 Å². The lowest BCUT2D eigenvalue weighted by atomic mass is 10.2. The van der Waals surface area contributed by atoms with Gasteiger partial charge in [0.25, 0.3) is 0 Å². The lowest BCUT2D eigenvalue weighted by Crippen LogP contribution is -2.28. The Kier molecular flexibility index (Phi) is 8.12. The molecule has 0 saturated heterocycles. The van der Waals surface area contributed by atoms with Gasteiger partial charge in [0.1, 0.15) is 6.54 Å². The highest BCUT2D eigenvalue weighted by Gasteiger charge is 2.30. The molecule has 0 aliphatic heterocycles. The van der Waals surface area contributed by atoms with Crippen molar-refractivity contribution < 1.29 is 27.9 Å². The van der Waals surface area contributed by atoms with Crippen LogP contribution in [0, 0.1) is 0 Å². The van der Waals surface area contributed by atoms with Crippen LogP contribution >= 0.6 is 11.8 Å². The van der Waals surface area contributed by atoms with Gasteiger partial charge in [0.15, 0.2) is 5.16 Å². The van der Waals surface area contributed by atoms with Crippen molar-refractivity contribution in [1.82, 2.24) is 14.9 Å². The number of carbonyl (C=O) groups excluding carboxylic acids is 2. The van der Waals surface area contributed by atoms with E-state index in [0.717, 1.165) is 29.5 Å². The largest absolute Gasteiger partial charge is 0.416 e. The molecular formula is C22H21F3N4O3S. The van der Waals surface area contributed by atoms with Crippen molar-refractivity contribution in [2.45, 2.75) is 31.0 Å². The van der Waals surface area contributed by atoms with Gasteiger partial charge in [0.05, 0.1) is 29.8 Å². The minimum Gasteiger partial charge on any atom is -0.390 e. The Balaban J connectivity index is 1.58. The standard InChI is InChI=1S/C22H21F3N4O3S/c23-22(24,25)16-7-4-8-17(9-16)28-20(32)14-33-21-27-11-18(13-30)29(21)12-19(31)26-10-15-5-2-1-3-6-15/h1-9,11,30H,10,12-14H2,(H,26,31)(H,28,32). The number of thioether (sulfide) groups is 1. The molecule has 0 aliphatic rings. The smallest absolute Gasteiger partial charge is 0.390 e. The van der Waals surface area contributed by atoms with Crippen molar-refractivity contribution in [2.75, 3.05) is 11.1 Å². The molecule has 0 radical (unpaired) electrons. The summed E-state index contributed by atoms with van der Waals surface area (Å²) in [6, 6.07) is 13.7. The molecule has 2 aromatic carbocycles. The number of aromatic nitrogens is 2. The summed E-state index contributed by atoms with van der Waals surface area (Å²) in [6.45, 7) is -0.124. The van der Waals surface area contributed by atoms with Crippen molar-refractivity contribution in [3.8, 4) is 0 Å². The third-order valence-electron chi connectivity index (χ3n) is 4.50. The van der Waals surface area contributed by atoms with Gasteiger partial charge in [-0.1, -0.05) is 48.2 Å². The predicted octanol–water partition coefficient (Wildman–Crippen LogP) is 3.44. The van der Waals surface area contributed by atoms with Gasteiger partial charge in [0.2, 0.25) is 11.8 Å². The van der Waals surface area contributed by atoms with Crippen molar-refractivity contribution in [3.63, 3.8) is 0 Å². The van der Waals surface area contributed by atoms with Crippen molar-refractivity contribution >= 4 is 29.3 Å². The third-order valence-corrected chi connectivity index (χ3v) is 5.49. The maximum absolute atomic E-state index is 12.8. The average Bonchev–Trinajstić information content (AvgIpc) is 3.18. The summed E-state index contributed by atoms with van der Waals surface area (Å²) in [7, 11) is 0. The molecule has 11 heteroatoms. The lowest BCUT2D eigenvalue weighted by Gasteiger charge is -2.12. The second-order valence-electron chi connectivity index (χ2n) is 6.95. The molecule has 3 N–H and O–H groups in total.